The molecule has 7 heteroatoms. The molecule has 1 aromatic heterocycles. The summed E-state index contributed by atoms with van der Waals surface area (Å²) in [4.78, 5) is 12.3. The molecule has 0 saturated carbocycles. The van der Waals surface area contributed by atoms with Crippen molar-refractivity contribution in [3.8, 4) is 23.3 Å². The van der Waals surface area contributed by atoms with Gasteiger partial charge in [0.15, 0.2) is 11.6 Å². The molecule has 0 atom stereocenters. The monoisotopic (exact) mass is 381 g/mol. The van der Waals surface area contributed by atoms with E-state index < -0.39 is 11.6 Å². The number of hydrogen-bond acceptors (Lipinski definition) is 3. The fourth-order valence-corrected chi connectivity index (χ4v) is 2.50. The zero-order chi connectivity index (χ0) is 19.9. The predicted molar refractivity (Wildman–Crippen MR) is 100 cm³/mol. The summed E-state index contributed by atoms with van der Waals surface area (Å²) in [6.07, 6.45) is 1.51. The molecule has 28 heavy (non-hydrogen) atoms. The van der Waals surface area contributed by atoms with Crippen molar-refractivity contribution in [1.29, 1.82) is 0 Å². The van der Waals surface area contributed by atoms with Crippen LogP contribution in [0, 0.1) is 30.4 Å². The van der Waals surface area contributed by atoms with Crippen molar-refractivity contribution >= 4 is 5.91 Å². The van der Waals surface area contributed by atoms with Crippen LogP contribution in [0.4, 0.5) is 8.78 Å². The molecule has 0 saturated heterocycles. The number of halogens is 2. The zero-order valence-electron chi connectivity index (χ0n) is 15.1. The van der Waals surface area contributed by atoms with Crippen LogP contribution in [0.5, 0.6) is 5.75 Å². The second kappa shape index (κ2) is 8.82. The highest BCUT2D eigenvalue weighted by Crippen LogP contribution is 2.17. The summed E-state index contributed by atoms with van der Waals surface area (Å²) in [5.41, 5.74) is 2.03. The maximum absolute atomic E-state index is 13.4. The molecule has 0 fully saturated rings. The van der Waals surface area contributed by atoms with E-state index in [9.17, 15) is 13.6 Å². The summed E-state index contributed by atoms with van der Waals surface area (Å²) >= 11 is 0. The van der Waals surface area contributed by atoms with Gasteiger partial charge in [-0.15, -0.1) is 0 Å². The van der Waals surface area contributed by atoms with Crippen LogP contribution >= 0.6 is 0 Å². The standard InChI is InChI=1S/C21H17F2N3O2/c1-15-18(14-25-26(15)17-7-3-2-4-8-17)21(27)24-11-5-6-12-28-20-10-9-16(22)13-19(20)23/h2-4,7-10,13-14H,11-12H2,1H3,(H,24,27). The third-order valence-electron chi connectivity index (χ3n) is 3.91. The Kier molecular flexibility index (Phi) is 6.02. The largest absolute Gasteiger partial charge is 0.478 e. The van der Waals surface area contributed by atoms with E-state index in [0.717, 1.165) is 17.8 Å². The second-order valence-corrected chi connectivity index (χ2v) is 5.79. The summed E-state index contributed by atoms with van der Waals surface area (Å²) in [6.45, 7) is 1.83. The molecule has 5 nitrogen and oxygen atoms in total. The van der Waals surface area contributed by atoms with Gasteiger partial charge in [-0.2, -0.15) is 5.10 Å². The molecule has 1 N–H and O–H groups in total. The third-order valence-corrected chi connectivity index (χ3v) is 3.91. The van der Waals surface area contributed by atoms with Crippen LogP contribution in [-0.2, 0) is 0 Å². The first-order valence-corrected chi connectivity index (χ1v) is 8.48. The number of carbonyl (C=O) groups is 1. The number of carbonyl (C=O) groups excluding carboxylic acids is 1. The molecule has 0 aliphatic heterocycles. The lowest BCUT2D eigenvalue weighted by molar-refractivity contribution is 0.0958. The van der Waals surface area contributed by atoms with E-state index in [4.69, 9.17) is 4.74 Å². The van der Waals surface area contributed by atoms with Crippen molar-refractivity contribution in [2.45, 2.75) is 6.92 Å². The quantitative estimate of drug-likeness (QED) is 0.690. The lowest BCUT2D eigenvalue weighted by Crippen LogP contribution is -2.24. The first-order valence-electron chi connectivity index (χ1n) is 8.48. The van der Waals surface area contributed by atoms with Gasteiger partial charge < -0.3 is 10.1 Å². The number of para-hydroxylation sites is 1. The van der Waals surface area contributed by atoms with Crippen LogP contribution in [0.25, 0.3) is 5.69 Å². The maximum atomic E-state index is 13.4. The van der Waals surface area contributed by atoms with Crippen molar-refractivity contribution in [2.75, 3.05) is 13.2 Å². The summed E-state index contributed by atoms with van der Waals surface area (Å²) in [5, 5.41) is 6.93. The molecule has 0 spiro atoms. The van der Waals surface area contributed by atoms with Crippen molar-refractivity contribution in [3.63, 3.8) is 0 Å². The van der Waals surface area contributed by atoms with Gasteiger partial charge in [-0.3, -0.25) is 4.79 Å². The van der Waals surface area contributed by atoms with Crippen LogP contribution in [0.3, 0.4) is 0 Å². The number of nitrogens with one attached hydrogen (secondary N) is 1. The number of amides is 1. The smallest absolute Gasteiger partial charge is 0.255 e. The molecule has 0 aliphatic carbocycles. The summed E-state index contributed by atoms with van der Waals surface area (Å²) in [7, 11) is 0. The highest BCUT2D eigenvalue weighted by Gasteiger charge is 2.14. The van der Waals surface area contributed by atoms with Crippen LogP contribution < -0.4 is 10.1 Å². The minimum Gasteiger partial charge on any atom is -0.478 e. The van der Waals surface area contributed by atoms with Crippen molar-refractivity contribution in [1.82, 2.24) is 15.1 Å². The average Bonchev–Trinajstić information content (AvgIpc) is 3.08. The van der Waals surface area contributed by atoms with E-state index in [2.05, 4.69) is 22.3 Å². The number of nitrogens with zero attached hydrogens (tertiary/aromatic N) is 2. The lowest BCUT2D eigenvalue weighted by Gasteiger charge is -2.05. The van der Waals surface area contributed by atoms with Crippen molar-refractivity contribution < 1.29 is 18.3 Å². The average molecular weight is 381 g/mol. The molecule has 0 aliphatic rings. The van der Waals surface area contributed by atoms with Crippen LogP contribution in [-0.4, -0.2) is 28.8 Å². The molecule has 1 amide bonds. The lowest BCUT2D eigenvalue weighted by atomic mass is 10.2. The fourth-order valence-electron chi connectivity index (χ4n) is 2.50. The maximum Gasteiger partial charge on any atom is 0.255 e. The highest BCUT2D eigenvalue weighted by atomic mass is 19.1. The molecule has 1 heterocycles. The van der Waals surface area contributed by atoms with E-state index in [-0.39, 0.29) is 24.8 Å². The van der Waals surface area contributed by atoms with Gasteiger partial charge in [0.05, 0.1) is 29.7 Å². The molecule has 2 aromatic carbocycles. The Balaban J connectivity index is 1.52. The van der Waals surface area contributed by atoms with Crippen LogP contribution in [0.1, 0.15) is 16.1 Å². The Hall–Kier alpha value is -3.66. The zero-order valence-corrected chi connectivity index (χ0v) is 15.1. The summed E-state index contributed by atoms with van der Waals surface area (Å²) in [6, 6.07) is 12.5. The minimum absolute atomic E-state index is 0.0799. The van der Waals surface area contributed by atoms with E-state index in [0.29, 0.717) is 11.3 Å². The van der Waals surface area contributed by atoms with Gasteiger partial charge in [-0.05, 0) is 31.2 Å². The van der Waals surface area contributed by atoms with Gasteiger partial charge in [0.1, 0.15) is 12.4 Å². The molecular formula is C21H17F2N3O2. The predicted octanol–water partition coefficient (Wildman–Crippen LogP) is 3.27. The Labute approximate surface area is 160 Å². The topological polar surface area (TPSA) is 56.1 Å². The van der Waals surface area contributed by atoms with E-state index in [1.165, 1.54) is 12.3 Å². The first kappa shape index (κ1) is 19.1. The van der Waals surface area contributed by atoms with E-state index >= 15 is 0 Å². The van der Waals surface area contributed by atoms with Crippen molar-refractivity contribution in [3.05, 3.63) is 77.6 Å². The fraction of sp³-hybridized carbons (Fsp3) is 0.143. The van der Waals surface area contributed by atoms with Crippen LogP contribution in [0.15, 0.2) is 54.7 Å². The second-order valence-electron chi connectivity index (χ2n) is 5.79. The van der Waals surface area contributed by atoms with Gasteiger partial charge in [-0.25, -0.2) is 13.5 Å². The van der Waals surface area contributed by atoms with Gasteiger partial charge in [0.2, 0.25) is 0 Å². The number of hydrogen-bond donors (Lipinski definition) is 1. The van der Waals surface area contributed by atoms with Gasteiger partial charge in [0.25, 0.3) is 5.91 Å². The number of aromatic nitrogens is 2. The van der Waals surface area contributed by atoms with Gasteiger partial charge in [0, 0.05) is 6.07 Å². The first-order chi connectivity index (χ1) is 13.6. The Morgan fingerprint density at radius 1 is 1.18 bits per heavy atom. The molecule has 3 rings (SSSR count). The van der Waals surface area contributed by atoms with Crippen molar-refractivity contribution in [2.24, 2.45) is 0 Å². The Morgan fingerprint density at radius 2 is 1.96 bits per heavy atom. The van der Waals surface area contributed by atoms with E-state index in [1.54, 1.807) is 4.68 Å². The van der Waals surface area contributed by atoms with E-state index in [1.807, 2.05) is 37.3 Å². The van der Waals surface area contributed by atoms with Gasteiger partial charge >= 0.3 is 0 Å². The molecule has 0 bridgehead atoms. The molecule has 0 radical (unpaired) electrons. The molecular weight excluding hydrogens is 364 g/mol. The third kappa shape index (κ3) is 4.54. The van der Waals surface area contributed by atoms with Gasteiger partial charge in [-0.1, -0.05) is 30.0 Å². The van der Waals surface area contributed by atoms with Crippen LogP contribution in [0.2, 0.25) is 0 Å². The normalized spacial score (nSPS) is 10.1. The number of ether oxygens (including phenoxy) is 1. The minimum atomic E-state index is -0.791. The molecule has 3 aromatic rings. The molecule has 142 valence electrons. The molecule has 0 unspecified atom stereocenters. The highest BCUT2D eigenvalue weighted by molar-refractivity contribution is 5.95. The Morgan fingerprint density at radius 3 is 2.71 bits per heavy atom. The summed E-state index contributed by atoms with van der Waals surface area (Å²) < 4.78 is 33.0. The number of benzene rings is 2. The number of rotatable bonds is 5. The Bertz CT molecular complexity index is 1040. The SMILES string of the molecule is Cc1c(C(=O)NCC#CCOc2ccc(F)cc2F)cnn1-c1ccccc1. The summed E-state index contributed by atoms with van der Waals surface area (Å²) in [5.74, 6) is 3.54.